The summed E-state index contributed by atoms with van der Waals surface area (Å²) in [4.78, 5) is 19.9. The molecule has 0 saturated heterocycles. The number of rotatable bonds is 5. The van der Waals surface area contributed by atoms with Gasteiger partial charge in [0, 0.05) is 10.7 Å². The lowest BCUT2D eigenvalue weighted by molar-refractivity contribution is 0.0935. The van der Waals surface area contributed by atoms with Crippen LogP contribution in [0.5, 0.6) is 0 Å². The zero-order chi connectivity index (χ0) is 16.9. The van der Waals surface area contributed by atoms with Crippen molar-refractivity contribution in [2.45, 2.75) is 0 Å². The fourth-order valence-corrected chi connectivity index (χ4v) is 2.07. The fraction of sp³-hybridized carbons (Fsp3) is 0. The molecule has 2 heterocycles. The predicted molar refractivity (Wildman–Crippen MR) is 91.0 cm³/mol. The van der Waals surface area contributed by atoms with E-state index in [0.29, 0.717) is 10.8 Å². The first-order valence-corrected chi connectivity index (χ1v) is 7.24. The molecule has 0 bridgehead atoms. The summed E-state index contributed by atoms with van der Waals surface area (Å²) in [6.45, 7) is 0. The number of benzene rings is 1. The van der Waals surface area contributed by atoms with Gasteiger partial charge in [0.15, 0.2) is 17.4 Å². The minimum absolute atomic E-state index is 0.160. The molecule has 0 radical (unpaired) electrons. The zero-order valence-electron chi connectivity index (χ0n) is 12.3. The summed E-state index contributed by atoms with van der Waals surface area (Å²) < 4.78 is 4.99. The van der Waals surface area contributed by atoms with Gasteiger partial charge in [-0.15, -0.1) is 0 Å². The molecule has 0 aliphatic carbocycles. The number of furan rings is 1. The summed E-state index contributed by atoms with van der Waals surface area (Å²) in [7, 11) is 0. The standard InChI is InChI=1S/C15H13ClN6O2/c16-9-3-1-4-10(7-9)20-13-12(17)14(19-8-18-13)21-22-15(23)11-5-2-6-24-11/h1-8H,17H2,(H,22,23)(H2,18,19,20,21). The van der Waals surface area contributed by atoms with Gasteiger partial charge in [-0.25, -0.2) is 9.97 Å². The second-order valence-electron chi connectivity index (χ2n) is 4.68. The number of nitrogens with two attached hydrogens (primary N) is 1. The second kappa shape index (κ2) is 6.88. The van der Waals surface area contributed by atoms with Crippen molar-refractivity contribution in [2.24, 2.45) is 0 Å². The molecule has 1 aromatic carbocycles. The summed E-state index contributed by atoms with van der Waals surface area (Å²) in [6, 6.07) is 10.2. The van der Waals surface area contributed by atoms with Crippen LogP contribution in [-0.4, -0.2) is 15.9 Å². The molecular formula is C15H13ClN6O2. The average molecular weight is 345 g/mol. The molecule has 24 heavy (non-hydrogen) atoms. The number of nitrogen functional groups attached to an aromatic ring is 1. The van der Waals surface area contributed by atoms with Crippen molar-refractivity contribution < 1.29 is 9.21 Å². The van der Waals surface area contributed by atoms with E-state index in [1.807, 2.05) is 6.07 Å². The molecule has 0 unspecified atom stereocenters. The van der Waals surface area contributed by atoms with Crippen molar-refractivity contribution in [3.63, 3.8) is 0 Å². The zero-order valence-corrected chi connectivity index (χ0v) is 13.0. The SMILES string of the molecule is Nc1c(NNC(=O)c2ccco2)ncnc1Nc1cccc(Cl)c1. The van der Waals surface area contributed by atoms with Crippen molar-refractivity contribution in [2.75, 3.05) is 16.5 Å². The maximum absolute atomic E-state index is 11.8. The van der Waals surface area contributed by atoms with E-state index in [1.54, 1.807) is 24.3 Å². The Balaban J connectivity index is 1.72. The van der Waals surface area contributed by atoms with Gasteiger partial charge in [-0.1, -0.05) is 17.7 Å². The molecule has 0 atom stereocenters. The molecule has 0 aliphatic rings. The normalized spacial score (nSPS) is 10.2. The van der Waals surface area contributed by atoms with Crippen LogP contribution in [0.15, 0.2) is 53.4 Å². The second-order valence-corrected chi connectivity index (χ2v) is 5.11. The Labute approximate surface area is 142 Å². The Morgan fingerprint density at radius 3 is 2.75 bits per heavy atom. The van der Waals surface area contributed by atoms with Gasteiger partial charge in [-0.3, -0.25) is 15.6 Å². The highest BCUT2D eigenvalue weighted by molar-refractivity contribution is 6.30. The van der Waals surface area contributed by atoms with Crippen LogP contribution in [0.1, 0.15) is 10.6 Å². The van der Waals surface area contributed by atoms with Gasteiger partial charge in [-0.05, 0) is 30.3 Å². The van der Waals surface area contributed by atoms with E-state index in [0.717, 1.165) is 5.69 Å². The van der Waals surface area contributed by atoms with E-state index in [4.69, 9.17) is 21.8 Å². The fourth-order valence-electron chi connectivity index (χ4n) is 1.88. The largest absolute Gasteiger partial charge is 0.459 e. The van der Waals surface area contributed by atoms with E-state index >= 15 is 0 Å². The Hall–Kier alpha value is -3.26. The molecule has 8 nitrogen and oxygen atoms in total. The Morgan fingerprint density at radius 2 is 2.00 bits per heavy atom. The minimum atomic E-state index is -0.456. The van der Waals surface area contributed by atoms with E-state index in [2.05, 4.69) is 26.1 Å². The topological polar surface area (TPSA) is 118 Å². The molecule has 5 N–H and O–H groups in total. The van der Waals surface area contributed by atoms with Gasteiger partial charge in [0.05, 0.1) is 6.26 Å². The molecule has 9 heteroatoms. The third kappa shape index (κ3) is 3.55. The van der Waals surface area contributed by atoms with Gasteiger partial charge < -0.3 is 15.5 Å². The van der Waals surface area contributed by atoms with Crippen molar-refractivity contribution >= 4 is 40.5 Å². The minimum Gasteiger partial charge on any atom is -0.459 e. The van der Waals surface area contributed by atoms with E-state index in [-0.39, 0.29) is 17.3 Å². The lowest BCUT2D eigenvalue weighted by atomic mass is 10.3. The van der Waals surface area contributed by atoms with Crippen molar-refractivity contribution in [3.05, 3.63) is 59.8 Å². The number of carbonyl (C=O) groups is 1. The Kier molecular flexibility index (Phi) is 4.48. The molecule has 1 amide bonds. The number of halogens is 1. The molecule has 0 aliphatic heterocycles. The van der Waals surface area contributed by atoms with Crippen LogP contribution < -0.4 is 21.9 Å². The molecule has 3 rings (SSSR count). The summed E-state index contributed by atoms with van der Waals surface area (Å²) >= 11 is 5.94. The molecule has 0 saturated carbocycles. The number of hydrazine groups is 1. The molecule has 0 fully saturated rings. The molecule has 122 valence electrons. The molecule has 2 aromatic heterocycles. The molecule has 0 spiro atoms. The van der Waals surface area contributed by atoms with E-state index in [9.17, 15) is 4.79 Å². The number of hydrogen-bond acceptors (Lipinski definition) is 7. The predicted octanol–water partition coefficient (Wildman–Crippen LogP) is 2.81. The number of carbonyl (C=O) groups excluding carboxylic acids is 1. The average Bonchev–Trinajstić information content (AvgIpc) is 3.10. The van der Waals surface area contributed by atoms with Crippen LogP contribution in [-0.2, 0) is 0 Å². The van der Waals surface area contributed by atoms with Crippen LogP contribution in [0.3, 0.4) is 0 Å². The number of aromatic nitrogens is 2. The summed E-state index contributed by atoms with van der Waals surface area (Å²) in [5.41, 5.74) is 12.0. The van der Waals surface area contributed by atoms with Gasteiger partial charge in [0.25, 0.3) is 0 Å². The Bertz CT molecular complexity index is 853. The summed E-state index contributed by atoms with van der Waals surface area (Å²) in [5, 5.41) is 3.62. The first-order valence-electron chi connectivity index (χ1n) is 6.86. The highest BCUT2D eigenvalue weighted by Crippen LogP contribution is 2.26. The monoisotopic (exact) mass is 344 g/mol. The Morgan fingerprint density at radius 1 is 1.17 bits per heavy atom. The van der Waals surface area contributed by atoms with Gasteiger partial charge in [-0.2, -0.15) is 0 Å². The number of nitrogens with one attached hydrogen (secondary N) is 3. The third-order valence-electron chi connectivity index (χ3n) is 3.01. The lowest BCUT2D eigenvalue weighted by Gasteiger charge is -2.12. The maximum Gasteiger partial charge on any atom is 0.305 e. The summed E-state index contributed by atoms with van der Waals surface area (Å²) in [6.07, 6.45) is 2.71. The first kappa shape index (κ1) is 15.6. The smallest absolute Gasteiger partial charge is 0.305 e. The quantitative estimate of drug-likeness (QED) is 0.525. The number of anilines is 4. The van der Waals surface area contributed by atoms with Crippen LogP contribution in [0.4, 0.5) is 23.0 Å². The van der Waals surface area contributed by atoms with Crippen LogP contribution in [0.2, 0.25) is 5.02 Å². The third-order valence-corrected chi connectivity index (χ3v) is 3.25. The van der Waals surface area contributed by atoms with E-state index in [1.165, 1.54) is 18.7 Å². The number of nitrogens with zero attached hydrogens (tertiary/aromatic N) is 2. The van der Waals surface area contributed by atoms with Crippen molar-refractivity contribution in [1.82, 2.24) is 15.4 Å². The highest BCUT2D eigenvalue weighted by atomic mass is 35.5. The molecule has 3 aromatic rings. The number of amides is 1. The number of hydrogen-bond donors (Lipinski definition) is 4. The van der Waals surface area contributed by atoms with Crippen LogP contribution in [0.25, 0.3) is 0 Å². The first-order chi connectivity index (χ1) is 11.6. The van der Waals surface area contributed by atoms with Crippen LogP contribution >= 0.6 is 11.6 Å². The van der Waals surface area contributed by atoms with Gasteiger partial charge in [0.2, 0.25) is 0 Å². The highest BCUT2D eigenvalue weighted by Gasteiger charge is 2.11. The molecular weight excluding hydrogens is 332 g/mol. The van der Waals surface area contributed by atoms with Gasteiger partial charge in [0.1, 0.15) is 12.0 Å². The van der Waals surface area contributed by atoms with Crippen molar-refractivity contribution in [3.8, 4) is 0 Å². The van der Waals surface area contributed by atoms with E-state index < -0.39 is 5.91 Å². The summed E-state index contributed by atoms with van der Waals surface area (Å²) in [5.74, 6) is 0.325. The van der Waals surface area contributed by atoms with Crippen LogP contribution in [0, 0.1) is 0 Å². The lowest BCUT2D eigenvalue weighted by Crippen LogP contribution is -2.30. The van der Waals surface area contributed by atoms with Crippen molar-refractivity contribution in [1.29, 1.82) is 0 Å². The van der Waals surface area contributed by atoms with Gasteiger partial charge >= 0.3 is 5.91 Å². The maximum atomic E-state index is 11.8.